The van der Waals surface area contributed by atoms with Crippen LogP contribution in [0.15, 0.2) is 18.2 Å². The fourth-order valence-corrected chi connectivity index (χ4v) is 2.09. The Balaban J connectivity index is 2.35. The molecule has 7 nitrogen and oxygen atoms in total. The van der Waals surface area contributed by atoms with Crippen LogP contribution in [-0.4, -0.2) is 49.4 Å². The lowest BCUT2D eigenvalue weighted by Crippen LogP contribution is -2.58. The molecule has 1 heterocycles. The average Bonchev–Trinajstić information content (AvgIpc) is 2.49. The summed E-state index contributed by atoms with van der Waals surface area (Å²) in [5.74, 6) is -0.565. The first-order valence-corrected chi connectivity index (χ1v) is 6.34. The Bertz CT molecular complexity index is 599. The highest BCUT2D eigenvalue weighted by atomic mass is 16.5. The van der Waals surface area contributed by atoms with E-state index in [0.29, 0.717) is 11.5 Å². The fraction of sp³-hybridized carbons (Fsp3) is 0.357. The molecule has 1 unspecified atom stereocenters. The number of amides is 3. The minimum Gasteiger partial charge on any atom is -0.497 e. The van der Waals surface area contributed by atoms with Crippen LogP contribution in [0.2, 0.25) is 0 Å². The van der Waals surface area contributed by atoms with Gasteiger partial charge in [0.2, 0.25) is 11.8 Å². The third-order valence-corrected chi connectivity index (χ3v) is 3.32. The van der Waals surface area contributed by atoms with Crippen molar-refractivity contribution in [2.24, 2.45) is 0 Å². The van der Waals surface area contributed by atoms with Gasteiger partial charge >= 0.3 is 0 Å². The molecule has 1 atom stereocenters. The Morgan fingerprint density at radius 2 is 2.00 bits per heavy atom. The van der Waals surface area contributed by atoms with Crippen LogP contribution in [0, 0.1) is 0 Å². The Morgan fingerprint density at radius 3 is 2.62 bits per heavy atom. The van der Waals surface area contributed by atoms with Gasteiger partial charge in [-0.15, -0.1) is 0 Å². The molecule has 1 aromatic rings. The van der Waals surface area contributed by atoms with Crippen LogP contribution < -0.4 is 14.8 Å². The van der Waals surface area contributed by atoms with Crippen LogP contribution in [0.5, 0.6) is 11.5 Å². The average molecular weight is 292 g/mol. The van der Waals surface area contributed by atoms with Gasteiger partial charge in [0.15, 0.2) is 0 Å². The third-order valence-electron chi connectivity index (χ3n) is 3.32. The van der Waals surface area contributed by atoms with E-state index in [1.807, 2.05) is 0 Å². The number of carbonyl (C=O) groups is 3. The van der Waals surface area contributed by atoms with E-state index in [4.69, 9.17) is 9.47 Å². The maximum atomic E-state index is 12.6. The van der Waals surface area contributed by atoms with Crippen LogP contribution in [0.1, 0.15) is 17.3 Å². The Hall–Kier alpha value is -2.57. The number of nitrogens with zero attached hydrogens (tertiary/aromatic N) is 1. The van der Waals surface area contributed by atoms with Gasteiger partial charge in [-0.05, 0) is 19.1 Å². The van der Waals surface area contributed by atoms with Gasteiger partial charge in [-0.25, -0.2) is 0 Å². The summed E-state index contributed by atoms with van der Waals surface area (Å²) >= 11 is 0. The van der Waals surface area contributed by atoms with Crippen LogP contribution in [0.25, 0.3) is 0 Å². The number of hydrogen-bond donors (Lipinski definition) is 1. The van der Waals surface area contributed by atoms with Crippen LogP contribution in [0.3, 0.4) is 0 Å². The summed E-state index contributed by atoms with van der Waals surface area (Å²) < 4.78 is 10.2. The molecule has 1 aliphatic rings. The predicted molar refractivity (Wildman–Crippen MR) is 73.2 cm³/mol. The van der Waals surface area contributed by atoms with Crippen molar-refractivity contribution in [3.8, 4) is 11.5 Å². The van der Waals surface area contributed by atoms with E-state index in [0.717, 1.165) is 0 Å². The summed E-state index contributed by atoms with van der Waals surface area (Å²) in [5, 5.41) is 2.19. The maximum Gasteiger partial charge on any atom is 0.258 e. The van der Waals surface area contributed by atoms with Crippen molar-refractivity contribution in [3.63, 3.8) is 0 Å². The second-order valence-electron chi connectivity index (χ2n) is 4.59. The summed E-state index contributed by atoms with van der Waals surface area (Å²) in [6, 6.07) is 4.02. The van der Waals surface area contributed by atoms with E-state index in [1.165, 1.54) is 19.1 Å². The second-order valence-corrected chi connectivity index (χ2v) is 4.59. The summed E-state index contributed by atoms with van der Waals surface area (Å²) in [4.78, 5) is 36.8. The lowest BCUT2D eigenvalue weighted by molar-refractivity contribution is -0.138. The fourth-order valence-electron chi connectivity index (χ4n) is 2.09. The summed E-state index contributed by atoms with van der Waals surface area (Å²) in [5.41, 5.74) is 0.271. The highest BCUT2D eigenvalue weighted by Crippen LogP contribution is 2.26. The highest BCUT2D eigenvalue weighted by molar-refractivity contribution is 6.07. The molecule has 1 fully saturated rings. The molecule has 21 heavy (non-hydrogen) atoms. The number of nitrogens with one attached hydrogen (secondary N) is 1. The van der Waals surface area contributed by atoms with E-state index in [9.17, 15) is 14.4 Å². The lowest BCUT2D eigenvalue weighted by Gasteiger charge is -2.32. The molecule has 2 rings (SSSR count). The molecule has 0 aliphatic carbocycles. The van der Waals surface area contributed by atoms with E-state index in [1.54, 1.807) is 25.1 Å². The Morgan fingerprint density at radius 1 is 1.29 bits per heavy atom. The number of benzene rings is 1. The summed E-state index contributed by atoms with van der Waals surface area (Å²) in [7, 11) is 2.94. The van der Waals surface area contributed by atoms with Crippen LogP contribution >= 0.6 is 0 Å². The molecule has 0 spiro atoms. The number of methoxy groups -OCH3 is 2. The van der Waals surface area contributed by atoms with E-state index < -0.39 is 23.8 Å². The normalized spacial score (nSPS) is 18.2. The zero-order chi connectivity index (χ0) is 15.6. The zero-order valence-electron chi connectivity index (χ0n) is 12.0. The van der Waals surface area contributed by atoms with Gasteiger partial charge in [-0.2, -0.15) is 0 Å². The molecule has 0 aromatic heterocycles. The smallest absolute Gasteiger partial charge is 0.258 e. The number of rotatable bonds is 3. The van der Waals surface area contributed by atoms with E-state index >= 15 is 0 Å². The van der Waals surface area contributed by atoms with Crippen molar-refractivity contribution in [2.45, 2.75) is 13.0 Å². The number of ether oxygens (including phenoxy) is 2. The quantitative estimate of drug-likeness (QED) is 0.804. The lowest BCUT2D eigenvalue weighted by atomic mass is 10.1. The van der Waals surface area contributed by atoms with Crippen LogP contribution in [0.4, 0.5) is 0 Å². The standard InChI is InChI=1S/C14H16N2O5/c1-8-13(18)15-12(17)7-16(8)14(19)10-5-4-9(20-2)6-11(10)21-3/h4-6,8H,7H2,1-3H3,(H,15,17,18). The van der Waals surface area contributed by atoms with E-state index in [2.05, 4.69) is 5.32 Å². The maximum absolute atomic E-state index is 12.6. The molecule has 1 N–H and O–H groups in total. The summed E-state index contributed by atoms with van der Waals surface area (Å²) in [6.07, 6.45) is 0. The zero-order valence-corrected chi connectivity index (χ0v) is 12.0. The van der Waals surface area contributed by atoms with Gasteiger partial charge in [0.25, 0.3) is 5.91 Å². The predicted octanol–water partition coefficient (Wildman–Crippen LogP) is 0.191. The molecular weight excluding hydrogens is 276 g/mol. The van der Waals surface area contributed by atoms with Crippen molar-refractivity contribution in [2.75, 3.05) is 20.8 Å². The SMILES string of the molecule is COc1ccc(C(=O)N2CC(=O)NC(=O)C2C)c(OC)c1. The molecular formula is C14H16N2O5. The Kier molecular flexibility index (Phi) is 4.11. The van der Waals surface area contributed by atoms with E-state index in [-0.39, 0.29) is 12.1 Å². The van der Waals surface area contributed by atoms with Gasteiger partial charge in [-0.1, -0.05) is 0 Å². The number of carbonyl (C=O) groups excluding carboxylic acids is 3. The molecule has 7 heteroatoms. The number of piperazine rings is 1. The third kappa shape index (κ3) is 2.81. The monoisotopic (exact) mass is 292 g/mol. The van der Waals surface area contributed by atoms with Crippen molar-refractivity contribution in [3.05, 3.63) is 23.8 Å². The molecule has 3 amide bonds. The van der Waals surface area contributed by atoms with Crippen molar-refractivity contribution in [1.82, 2.24) is 10.2 Å². The molecule has 1 saturated heterocycles. The summed E-state index contributed by atoms with van der Waals surface area (Å²) in [6.45, 7) is 1.40. The Labute approximate surface area is 121 Å². The van der Waals surface area contributed by atoms with Gasteiger partial charge in [0.1, 0.15) is 24.1 Å². The number of imide groups is 1. The molecule has 112 valence electrons. The molecule has 1 aromatic carbocycles. The van der Waals surface area contributed by atoms with Crippen molar-refractivity contribution < 1.29 is 23.9 Å². The minimum absolute atomic E-state index is 0.166. The molecule has 0 saturated carbocycles. The van der Waals surface area contributed by atoms with Crippen molar-refractivity contribution in [1.29, 1.82) is 0 Å². The first-order chi connectivity index (χ1) is 9.97. The van der Waals surface area contributed by atoms with Gasteiger partial charge in [-0.3, -0.25) is 19.7 Å². The first kappa shape index (κ1) is 14.8. The minimum atomic E-state index is -0.720. The first-order valence-electron chi connectivity index (χ1n) is 6.34. The highest BCUT2D eigenvalue weighted by Gasteiger charge is 2.34. The second kappa shape index (κ2) is 5.82. The van der Waals surface area contributed by atoms with Gasteiger partial charge in [0, 0.05) is 6.07 Å². The van der Waals surface area contributed by atoms with Gasteiger partial charge in [0.05, 0.1) is 19.8 Å². The molecule has 1 aliphatic heterocycles. The molecule has 0 bridgehead atoms. The van der Waals surface area contributed by atoms with Gasteiger partial charge < -0.3 is 14.4 Å². The largest absolute Gasteiger partial charge is 0.497 e. The van der Waals surface area contributed by atoms with Crippen LogP contribution in [-0.2, 0) is 9.59 Å². The molecule has 0 radical (unpaired) electrons. The number of hydrogen-bond acceptors (Lipinski definition) is 5. The topological polar surface area (TPSA) is 84.9 Å². The van der Waals surface area contributed by atoms with Crippen molar-refractivity contribution >= 4 is 17.7 Å².